The summed E-state index contributed by atoms with van der Waals surface area (Å²) in [6.07, 6.45) is 0.690. The van der Waals surface area contributed by atoms with Gasteiger partial charge >= 0.3 is 0 Å². The topological polar surface area (TPSA) is 22.0 Å². The van der Waals surface area contributed by atoms with Gasteiger partial charge in [0.1, 0.15) is 5.82 Å². The SMILES string of the molecule is CCc1cc2ccc(F)c(Cl)c2c(=O)n1-c1ccccc1. The van der Waals surface area contributed by atoms with Gasteiger partial charge in [-0.3, -0.25) is 9.36 Å². The average molecular weight is 302 g/mol. The molecule has 0 unspecified atom stereocenters. The summed E-state index contributed by atoms with van der Waals surface area (Å²) >= 11 is 6.00. The lowest BCUT2D eigenvalue weighted by molar-refractivity contribution is 0.630. The number of rotatable bonds is 2. The van der Waals surface area contributed by atoms with Crippen molar-refractivity contribution >= 4 is 22.4 Å². The highest BCUT2D eigenvalue weighted by Crippen LogP contribution is 2.25. The fourth-order valence-corrected chi connectivity index (χ4v) is 2.76. The molecule has 0 amide bonds. The maximum Gasteiger partial charge on any atom is 0.264 e. The lowest BCUT2D eigenvalue weighted by Gasteiger charge is -2.14. The zero-order valence-corrected chi connectivity index (χ0v) is 12.2. The summed E-state index contributed by atoms with van der Waals surface area (Å²) < 4.78 is 15.3. The van der Waals surface area contributed by atoms with E-state index >= 15 is 0 Å². The minimum Gasteiger partial charge on any atom is -0.281 e. The minimum atomic E-state index is -0.579. The fraction of sp³-hybridized carbons (Fsp3) is 0.118. The van der Waals surface area contributed by atoms with Gasteiger partial charge in [0.15, 0.2) is 0 Å². The van der Waals surface area contributed by atoms with Crippen LogP contribution in [0.1, 0.15) is 12.6 Å². The molecule has 0 N–H and O–H groups in total. The number of pyridine rings is 1. The number of aryl methyl sites for hydroxylation is 1. The normalized spacial score (nSPS) is 11.0. The van der Waals surface area contributed by atoms with Gasteiger partial charge in [0, 0.05) is 11.4 Å². The molecule has 0 saturated carbocycles. The van der Waals surface area contributed by atoms with Gasteiger partial charge in [-0.25, -0.2) is 4.39 Å². The van der Waals surface area contributed by atoms with Crippen molar-refractivity contribution in [1.29, 1.82) is 0 Å². The third kappa shape index (κ3) is 2.24. The molecule has 1 aromatic heterocycles. The Morgan fingerprint density at radius 2 is 1.86 bits per heavy atom. The molecule has 1 heterocycles. The van der Waals surface area contributed by atoms with E-state index in [4.69, 9.17) is 11.6 Å². The summed E-state index contributed by atoms with van der Waals surface area (Å²) in [7, 11) is 0. The van der Waals surface area contributed by atoms with Crippen molar-refractivity contribution in [1.82, 2.24) is 4.57 Å². The number of nitrogens with zero attached hydrogens (tertiary/aromatic N) is 1. The Labute approximate surface area is 126 Å². The second-order valence-electron chi connectivity index (χ2n) is 4.79. The maximum atomic E-state index is 13.7. The van der Waals surface area contributed by atoms with Gasteiger partial charge in [-0.1, -0.05) is 42.8 Å². The van der Waals surface area contributed by atoms with E-state index in [9.17, 15) is 9.18 Å². The van der Waals surface area contributed by atoms with Crippen molar-refractivity contribution in [2.75, 3.05) is 0 Å². The molecular formula is C17H13ClFNO. The Hall–Kier alpha value is -2.13. The van der Waals surface area contributed by atoms with Crippen molar-refractivity contribution in [2.45, 2.75) is 13.3 Å². The van der Waals surface area contributed by atoms with E-state index in [1.54, 1.807) is 10.6 Å². The summed E-state index contributed by atoms with van der Waals surface area (Å²) in [6.45, 7) is 1.98. The summed E-state index contributed by atoms with van der Waals surface area (Å²) in [6, 6.07) is 14.1. The van der Waals surface area contributed by atoms with E-state index in [1.165, 1.54) is 6.07 Å². The number of benzene rings is 2. The molecule has 0 bridgehead atoms. The van der Waals surface area contributed by atoms with Crippen LogP contribution in [0.25, 0.3) is 16.5 Å². The molecule has 0 aliphatic carbocycles. The van der Waals surface area contributed by atoms with E-state index in [0.717, 1.165) is 11.4 Å². The van der Waals surface area contributed by atoms with Crippen LogP contribution < -0.4 is 5.56 Å². The van der Waals surface area contributed by atoms with Gasteiger partial charge in [-0.15, -0.1) is 0 Å². The first-order valence-electron chi connectivity index (χ1n) is 6.71. The van der Waals surface area contributed by atoms with Gasteiger partial charge < -0.3 is 0 Å². The van der Waals surface area contributed by atoms with Crippen LogP contribution in [0.3, 0.4) is 0 Å². The van der Waals surface area contributed by atoms with Crippen LogP contribution in [0, 0.1) is 5.82 Å². The molecule has 0 fully saturated rings. The first-order valence-corrected chi connectivity index (χ1v) is 7.09. The van der Waals surface area contributed by atoms with Gasteiger partial charge in [0.05, 0.1) is 10.4 Å². The molecule has 0 spiro atoms. The van der Waals surface area contributed by atoms with Crippen molar-refractivity contribution in [2.24, 2.45) is 0 Å². The molecule has 2 aromatic carbocycles. The molecule has 0 atom stereocenters. The molecule has 0 saturated heterocycles. The van der Waals surface area contributed by atoms with Crippen molar-refractivity contribution < 1.29 is 4.39 Å². The van der Waals surface area contributed by atoms with E-state index in [1.807, 2.05) is 43.3 Å². The lowest BCUT2D eigenvalue weighted by Crippen LogP contribution is -2.22. The van der Waals surface area contributed by atoms with Gasteiger partial charge in [-0.2, -0.15) is 0 Å². The minimum absolute atomic E-state index is 0.121. The van der Waals surface area contributed by atoms with E-state index in [0.29, 0.717) is 11.8 Å². The summed E-state index contributed by atoms with van der Waals surface area (Å²) in [4.78, 5) is 12.8. The van der Waals surface area contributed by atoms with Crippen LogP contribution in [-0.2, 0) is 6.42 Å². The number of halogens is 2. The zero-order valence-electron chi connectivity index (χ0n) is 11.4. The van der Waals surface area contributed by atoms with Crippen LogP contribution in [0.5, 0.6) is 0 Å². The molecule has 0 radical (unpaired) electrons. The van der Waals surface area contributed by atoms with Crippen LogP contribution in [0.15, 0.2) is 53.3 Å². The predicted octanol–water partition coefficient (Wildman–Crippen LogP) is 4.35. The monoisotopic (exact) mass is 301 g/mol. The van der Waals surface area contributed by atoms with E-state index < -0.39 is 5.82 Å². The van der Waals surface area contributed by atoms with E-state index in [2.05, 4.69) is 0 Å². The molecule has 0 aliphatic heterocycles. The maximum absolute atomic E-state index is 13.7. The number of fused-ring (bicyclic) bond motifs is 1. The number of aromatic nitrogens is 1. The summed E-state index contributed by atoms with van der Waals surface area (Å²) in [5.41, 5.74) is 1.32. The van der Waals surface area contributed by atoms with E-state index in [-0.39, 0.29) is 16.0 Å². The smallest absolute Gasteiger partial charge is 0.264 e. The highest BCUT2D eigenvalue weighted by Gasteiger charge is 2.14. The number of para-hydroxylation sites is 1. The van der Waals surface area contributed by atoms with Gasteiger partial charge in [0.2, 0.25) is 0 Å². The molecule has 4 heteroatoms. The third-order valence-corrected chi connectivity index (χ3v) is 3.90. The first kappa shape index (κ1) is 13.8. The third-order valence-electron chi connectivity index (χ3n) is 3.53. The molecular weight excluding hydrogens is 289 g/mol. The Morgan fingerprint density at radius 3 is 2.52 bits per heavy atom. The first-order chi connectivity index (χ1) is 10.1. The molecule has 2 nitrogen and oxygen atoms in total. The zero-order chi connectivity index (χ0) is 15.0. The quantitative estimate of drug-likeness (QED) is 0.690. The highest BCUT2D eigenvalue weighted by molar-refractivity contribution is 6.35. The Kier molecular flexibility index (Phi) is 3.52. The Bertz CT molecular complexity index is 871. The number of hydrogen-bond acceptors (Lipinski definition) is 1. The van der Waals surface area contributed by atoms with Crippen LogP contribution in [0.4, 0.5) is 4.39 Å². The standard InChI is InChI=1S/C17H13ClFNO/c1-2-12-10-11-8-9-14(19)16(18)15(11)17(21)20(12)13-6-4-3-5-7-13/h3-10H,2H2,1H3. The van der Waals surface area contributed by atoms with Gasteiger partial charge in [0.25, 0.3) is 5.56 Å². The fourth-order valence-electron chi connectivity index (χ4n) is 2.51. The summed E-state index contributed by atoms with van der Waals surface area (Å²) in [5.74, 6) is -0.579. The van der Waals surface area contributed by atoms with Crippen molar-refractivity contribution in [3.05, 3.63) is 75.4 Å². The summed E-state index contributed by atoms with van der Waals surface area (Å²) in [5, 5.41) is 0.762. The number of hydrogen-bond donors (Lipinski definition) is 0. The molecule has 3 aromatic rings. The predicted molar refractivity (Wildman–Crippen MR) is 83.9 cm³/mol. The van der Waals surface area contributed by atoms with Crippen molar-refractivity contribution in [3.63, 3.8) is 0 Å². The second kappa shape index (κ2) is 5.34. The largest absolute Gasteiger partial charge is 0.281 e. The molecule has 0 aliphatic rings. The van der Waals surface area contributed by atoms with Crippen LogP contribution >= 0.6 is 11.6 Å². The lowest BCUT2D eigenvalue weighted by atomic mass is 10.1. The van der Waals surface area contributed by atoms with Crippen molar-refractivity contribution in [3.8, 4) is 5.69 Å². The molecule has 106 valence electrons. The Morgan fingerprint density at radius 1 is 1.14 bits per heavy atom. The van der Waals surface area contributed by atoms with Crippen LogP contribution in [0.2, 0.25) is 5.02 Å². The highest BCUT2D eigenvalue weighted by atomic mass is 35.5. The van der Waals surface area contributed by atoms with Gasteiger partial charge in [-0.05, 0) is 36.1 Å². The molecule has 3 rings (SSSR count). The van der Waals surface area contributed by atoms with Crippen LogP contribution in [-0.4, -0.2) is 4.57 Å². The molecule has 21 heavy (non-hydrogen) atoms. The Balaban J connectivity index is 2.47. The average Bonchev–Trinajstić information content (AvgIpc) is 2.51. The second-order valence-corrected chi connectivity index (χ2v) is 5.17.